The van der Waals surface area contributed by atoms with Gasteiger partial charge < -0.3 is 23.1 Å². The molecular formula is C29H50N2O8Si2. The Bertz CT molecular complexity index is 1190. The summed E-state index contributed by atoms with van der Waals surface area (Å²) in [6.07, 6.45) is 4.46. The summed E-state index contributed by atoms with van der Waals surface area (Å²) in [4.78, 5) is 38.8. The summed E-state index contributed by atoms with van der Waals surface area (Å²) in [5, 5.41) is 10.4. The van der Waals surface area contributed by atoms with Gasteiger partial charge in [-0.2, -0.15) is 4.57 Å². The van der Waals surface area contributed by atoms with Crippen LogP contribution < -0.4 is 11.2 Å². The zero-order chi connectivity index (χ0) is 31.4. The molecule has 6 atom stereocenters. The molecule has 10 nitrogen and oxygen atoms in total. The molecule has 1 aliphatic rings. The van der Waals surface area contributed by atoms with Crippen LogP contribution in [0.2, 0.25) is 22.2 Å². The van der Waals surface area contributed by atoms with Crippen molar-refractivity contribution in [2.45, 2.75) is 129 Å². The normalized spacial score (nSPS) is 23.2. The molecular weight excluding hydrogens is 560 g/mol. The van der Waals surface area contributed by atoms with Crippen LogP contribution in [0.1, 0.15) is 88.8 Å². The highest BCUT2D eigenvalue weighted by atomic mass is 28.4. The van der Waals surface area contributed by atoms with Crippen LogP contribution in [0.25, 0.3) is 0 Å². The first-order valence-electron chi connectivity index (χ1n) is 14.6. The Hall–Kier alpha value is -2.02. The zero-order valence-corrected chi connectivity index (χ0v) is 28.7. The molecule has 1 fully saturated rings. The lowest BCUT2D eigenvalue weighted by Gasteiger charge is -2.45. The van der Waals surface area contributed by atoms with Gasteiger partial charge in [0.25, 0.3) is 5.56 Å². The summed E-state index contributed by atoms with van der Waals surface area (Å²) in [7, 11) is -4.73. The van der Waals surface area contributed by atoms with E-state index in [0.717, 1.165) is 17.1 Å². The van der Waals surface area contributed by atoms with Gasteiger partial charge in [-0.05, 0) is 42.9 Å². The van der Waals surface area contributed by atoms with Crippen LogP contribution in [-0.4, -0.2) is 62.4 Å². The lowest BCUT2D eigenvalue weighted by atomic mass is 10.0. The van der Waals surface area contributed by atoms with Crippen LogP contribution in [0.3, 0.4) is 0 Å². The Balaban J connectivity index is 2.61. The third kappa shape index (κ3) is 7.69. The van der Waals surface area contributed by atoms with Crippen LogP contribution in [0, 0.1) is 18.3 Å². The second kappa shape index (κ2) is 14.0. The van der Waals surface area contributed by atoms with Crippen LogP contribution in [0.4, 0.5) is 4.79 Å². The predicted octanol–water partition coefficient (Wildman–Crippen LogP) is 4.53. The van der Waals surface area contributed by atoms with E-state index in [9.17, 15) is 19.5 Å². The largest absolute Gasteiger partial charge is 0.443 e. The number of ether oxygens (including phenoxy) is 2. The maximum Gasteiger partial charge on any atom is 0.425 e. The minimum atomic E-state index is -2.99. The standard InChI is InChI=1S/C29H50N2O8Si2/c1-13-21(9)40(18(3)4)39-41(19(5)6,20(7)8)38-25-22(14-2)26(36-23(25)17-32)30-16-15-24(33)31(27(30)34)28(35)37-29(10,11)12/h2,15-16,18-23,25-26,32,40H,13,17H2,1,3-12H3. The zero-order valence-electron chi connectivity index (χ0n) is 26.5. The van der Waals surface area contributed by atoms with Gasteiger partial charge in [0, 0.05) is 12.3 Å². The molecule has 1 aromatic rings. The topological polar surface area (TPSA) is 118 Å². The molecule has 0 radical (unpaired) electrons. The number of hydrogen-bond acceptors (Lipinski definition) is 8. The molecule has 1 aromatic heterocycles. The van der Waals surface area contributed by atoms with E-state index in [1.54, 1.807) is 20.8 Å². The summed E-state index contributed by atoms with van der Waals surface area (Å²) in [6, 6.07) is 1.08. The van der Waals surface area contributed by atoms with Crippen molar-refractivity contribution in [2.24, 2.45) is 5.92 Å². The lowest BCUT2D eigenvalue weighted by molar-refractivity contribution is -0.0479. The number of hydrogen-bond donors (Lipinski definition) is 1. The summed E-state index contributed by atoms with van der Waals surface area (Å²) in [5.74, 6) is 1.91. The van der Waals surface area contributed by atoms with Gasteiger partial charge in [-0.25, -0.2) is 9.59 Å². The molecule has 1 aliphatic heterocycles. The fourth-order valence-corrected chi connectivity index (χ4v) is 15.9. The first-order valence-corrected chi connectivity index (χ1v) is 18.4. The van der Waals surface area contributed by atoms with Crippen molar-refractivity contribution in [3.63, 3.8) is 0 Å². The van der Waals surface area contributed by atoms with E-state index in [-0.39, 0.29) is 11.1 Å². The van der Waals surface area contributed by atoms with Crippen LogP contribution >= 0.6 is 0 Å². The summed E-state index contributed by atoms with van der Waals surface area (Å²) >= 11 is 0. The molecule has 1 N–H and O–H groups in total. The van der Waals surface area contributed by atoms with Gasteiger partial charge in [-0.3, -0.25) is 9.36 Å². The Kier molecular flexibility index (Phi) is 12.0. The molecule has 0 aliphatic carbocycles. The van der Waals surface area contributed by atoms with Gasteiger partial charge in [-0.15, -0.1) is 6.42 Å². The third-order valence-corrected chi connectivity index (χ3v) is 17.0. The van der Waals surface area contributed by atoms with Crippen molar-refractivity contribution in [1.29, 1.82) is 0 Å². The molecule has 1 saturated heterocycles. The maximum absolute atomic E-state index is 13.5. The summed E-state index contributed by atoms with van der Waals surface area (Å²) in [6.45, 7) is 21.7. The number of aliphatic hydroxyl groups is 1. The summed E-state index contributed by atoms with van der Waals surface area (Å²) in [5.41, 5.74) is -1.77. The van der Waals surface area contributed by atoms with Crippen molar-refractivity contribution in [3.8, 4) is 12.3 Å². The van der Waals surface area contributed by atoms with Gasteiger partial charge in [0.1, 0.15) is 11.7 Å². The van der Waals surface area contributed by atoms with E-state index in [4.69, 9.17) is 24.4 Å². The molecule has 0 aromatic carbocycles. The molecule has 0 saturated carbocycles. The van der Waals surface area contributed by atoms with Crippen molar-refractivity contribution < 1.29 is 27.9 Å². The number of aliphatic hydroxyl groups excluding tert-OH is 1. The van der Waals surface area contributed by atoms with Crippen LogP contribution in [0.15, 0.2) is 21.9 Å². The number of nitrogens with zero attached hydrogens (tertiary/aromatic N) is 2. The third-order valence-electron chi connectivity index (χ3n) is 7.69. The second-order valence-electron chi connectivity index (χ2n) is 12.9. The molecule has 2 rings (SSSR count). The monoisotopic (exact) mass is 610 g/mol. The molecule has 0 spiro atoms. The highest BCUT2D eigenvalue weighted by Crippen LogP contribution is 2.44. The highest BCUT2D eigenvalue weighted by molar-refractivity contribution is 6.78. The highest BCUT2D eigenvalue weighted by Gasteiger charge is 2.55. The smallest absolute Gasteiger partial charge is 0.425 e. The average Bonchev–Trinajstić information content (AvgIpc) is 3.21. The van der Waals surface area contributed by atoms with E-state index >= 15 is 0 Å². The van der Waals surface area contributed by atoms with E-state index in [1.807, 2.05) is 0 Å². The van der Waals surface area contributed by atoms with Crippen molar-refractivity contribution in [1.82, 2.24) is 9.13 Å². The van der Waals surface area contributed by atoms with Crippen LogP contribution in [-0.2, 0) is 18.0 Å². The molecule has 6 unspecified atom stereocenters. The number of aromatic nitrogens is 2. The van der Waals surface area contributed by atoms with E-state index < -0.39 is 71.5 Å². The molecule has 41 heavy (non-hydrogen) atoms. The molecule has 0 bridgehead atoms. The fourth-order valence-electron chi connectivity index (χ4n) is 5.41. The lowest BCUT2D eigenvalue weighted by Crippen LogP contribution is -2.57. The van der Waals surface area contributed by atoms with Crippen LogP contribution in [0.5, 0.6) is 0 Å². The Morgan fingerprint density at radius 1 is 1.17 bits per heavy atom. The number of carbonyl (C=O) groups is 1. The van der Waals surface area contributed by atoms with E-state index in [2.05, 4.69) is 61.3 Å². The summed E-state index contributed by atoms with van der Waals surface area (Å²) < 4.78 is 27.1. The van der Waals surface area contributed by atoms with Crippen molar-refractivity contribution in [3.05, 3.63) is 33.1 Å². The SMILES string of the molecule is C#CC1C(O[Si](O[SiH](C(C)C)C(C)CC)(C(C)C)C(C)C)C(CO)OC1n1ccc(=O)n(C(=O)OC(C)(C)C)c1=O. The molecule has 232 valence electrons. The Morgan fingerprint density at radius 3 is 2.20 bits per heavy atom. The fraction of sp³-hybridized carbons (Fsp3) is 0.759. The average molecular weight is 611 g/mol. The van der Waals surface area contributed by atoms with Gasteiger partial charge in [0.05, 0.1) is 18.6 Å². The quantitative estimate of drug-likeness (QED) is 0.287. The van der Waals surface area contributed by atoms with E-state index in [0.29, 0.717) is 15.6 Å². The maximum atomic E-state index is 13.5. The van der Waals surface area contributed by atoms with Gasteiger partial charge in [0.2, 0.25) is 0 Å². The first kappa shape index (κ1) is 35.2. The Morgan fingerprint density at radius 2 is 1.76 bits per heavy atom. The van der Waals surface area contributed by atoms with Crippen molar-refractivity contribution >= 4 is 23.7 Å². The van der Waals surface area contributed by atoms with Crippen molar-refractivity contribution in [2.75, 3.05) is 6.61 Å². The molecule has 0 amide bonds. The number of carbonyl (C=O) groups excluding carboxylic acids is 1. The molecule has 2 heterocycles. The predicted molar refractivity (Wildman–Crippen MR) is 164 cm³/mol. The van der Waals surface area contributed by atoms with Gasteiger partial charge >= 0.3 is 20.3 Å². The number of rotatable bonds is 11. The Labute approximate surface area is 247 Å². The molecule has 12 heteroatoms. The minimum Gasteiger partial charge on any atom is -0.443 e. The minimum absolute atomic E-state index is 0.0638. The first-order chi connectivity index (χ1) is 18.9. The second-order valence-corrected chi connectivity index (χ2v) is 21.3. The van der Waals surface area contributed by atoms with Gasteiger partial charge in [-0.1, -0.05) is 67.7 Å². The van der Waals surface area contributed by atoms with Gasteiger partial charge in [0.15, 0.2) is 15.3 Å². The van der Waals surface area contributed by atoms with E-state index in [1.165, 1.54) is 6.20 Å². The number of terminal acetylenes is 1.